The molecule has 1 aliphatic heterocycles. The summed E-state index contributed by atoms with van der Waals surface area (Å²) < 4.78 is 12.4. The van der Waals surface area contributed by atoms with Crippen LogP contribution in [0, 0.1) is 0 Å². The molecule has 1 aliphatic rings. The zero-order valence-corrected chi connectivity index (χ0v) is 17.3. The van der Waals surface area contributed by atoms with Crippen molar-refractivity contribution in [2.45, 2.75) is 26.8 Å². The van der Waals surface area contributed by atoms with E-state index >= 15 is 0 Å². The Morgan fingerprint density at radius 2 is 1.54 bits per heavy atom. The van der Waals surface area contributed by atoms with Crippen LogP contribution in [0.1, 0.15) is 20.8 Å². The van der Waals surface area contributed by atoms with Crippen molar-refractivity contribution in [2.75, 3.05) is 25.0 Å². The largest absolute Gasteiger partial charge is 0.449 e. The van der Waals surface area contributed by atoms with E-state index in [0.29, 0.717) is 11.5 Å². The van der Waals surface area contributed by atoms with Gasteiger partial charge in [0.1, 0.15) is 0 Å². The number of halogens is 1. The Labute approximate surface area is 172 Å². The SMILES string of the molecule is CCN(CC)CC(C)Nc1nc2ccccc2c2c1Oc1ccccc1O2.Cl. The van der Waals surface area contributed by atoms with E-state index in [2.05, 4.69) is 31.0 Å². The molecule has 3 aromatic rings. The number of anilines is 1. The molecular weight excluding hydrogens is 374 g/mol. The molecule has 1 atom stereocenters. The topological polar surface area (TPSA) is 46.6 Å². The number of ether oxygens (including phenoxy) is 2. The molecular formula is C22H26ClN3O2. The third-order valence-corrected chi connectivity index (χ3v) is 4.89. The molecule has 6 heteroatoms. The first-order valence-electron chi connectivity index (χ1n) is 9.56. The van der Waals surface area contributed by atoms with Crippen molar-refractivity contribution in [1.82, 2.24) is 9.88 Å². The lowest BCUT2D eigenvalue weighted by atomic mass is 10.1. The maximum atomic E-state index is 6.22. The molecule has 0 amide bonds. The number of aromatic nitrogens is 1. The van der Waals surface area contributed by atoms with Gasteiger partial charge in [-0.05, 0) is 44.3 Å². The second kappa shape index (κ2) is 8.67. The number of hydrogen-bond acceptors (Lipinski definition) is 5. The normalized spacial score (nSPS) is 13.0. The van der Waals surface area contributed by atoms with Crippen LogP contribution in [-0.2, 0) is 0 Å². The van der Waals surface area contributed by atoms with E-state index in [1.165, 1.54) is 0 Å². The lowest BCUT2D eigenvalue weighted by molar-refractivity contribution is 0.294. The lowest BCUT2D eigenvalue weighted by Gasteiger charge is -2.27. The third-order valence-electron chi connectivity index (χ3n) is 4.89. The van der Waals surface area contributed by atoms with E-state index in [4.69, 9.17) is 14.5 Å². The van der Waals surface area contributed by atoms with E-state index < -0.39 is 0 Å². The van der Waals surface area contributed by atoms with Crippen LogP contribution < -0.4 is 14.8 Å². The highest BCUT2D eigenvalue weighted by Gasteiger charge is 2.26. The lowest BCUT2D eigenvalue weighted by Crippen LogP contribution is -2.35. The summed E-state index contributed by atoms with van der Waals surface area (Å²) in [6, 6.07) is 15.9. The van der Waals surface area contributed by atoms with Crippen molar-refractivity contribution in [3.05, 3.63) is 48.5 Å². The first-order valence-corrected chi connectivity index (χ1v) is 9.56. The van der Waals surface area contributed by atoms with Gasteiger partial charge in [-0.2, -0.15) is 0 Å². The van der Waals surface area contributed by atoms with Gasteiger partial charge in [0, 0.05) is 18.0 Å². The molecule has 0 spiro atoms. The number of benzene rings is 2. The Morgan fingerprint density at radius 3 is 2.21 bits per heavy atom. The van der Waals surface area contributed by atoms with Crippen LogP contribution in [0.2, 0.25) is 0 Å². The van der Waals surface area contributed by atoms with Gasteiger partial charge in [-0.1, -0.05) is 38.1 Å². The van der Waals surface area contributed by atoms with Crippen molar-refractivity contribution in [3.8, 4) is 23.0 Å². The first kappa shape index (κ1) is 20.2. The van der Waals surface area contributed by atoms with Crippen LogP contribution in [0.4, 0.5) is 5.82 Å². The third kappa shape index (κ3) is 3.86. The quantitative estimate of drug-likeness (QED) is 0.450. The molecule has 1 N–H and O–H groups in total. The molecule has 1 aromatic heterocycles. The summed E-state index contributed by atoms with van der Waals surface area (Å²) >= 11 is 0. The number of para-hydroxylation sites is 3. The van der Waals surface area contributed by atoms with E-state index in [9.17, 15) is 0 Å². The van der Waals surface area contributed by atoms with Crippen molar-refractivity contribution in [3.63, 3.8) is 0 Å². The standard InChI is InChI=1S/C22H25N3O2.ClH/c1-4-25(5-2)14-15(3)23-22-21-20(16-10-6-7-11-17(16)24-22)26-18-12-8-9-13-19(18)27-21;/h6-13,15H,4-5,14H2,1-3H3,(H,23,24);1H. The average molecular weight is 400 g/mol. The second-order valence-corrected chi connectivity index (χ2v) is 6.82. The molecule has 0 saturated heterocycles. The minimum Gasteiger partial charge on any atom is -0.449 e. The predicted molar refractivity (Wildman–Crippen MR) is 116 cm³/mol. The van der Waals surface area contributed by atoms with E-state index in [0.717, 1.165) is 47.9 Å². The molecule has 1 unspecified atom stereocenters. The first-order chi connectivity index (χ1) is 13.2. The predicted octanol–water partition coefficient (Wildman–Crippen LogP) is 5.70. The van der Waals surface area contributed by atoms with E-state index in [-0.39, 0.29) is 18.4 Å². The number of nitrogens with one attached hydrogen (secondary N) is 1. The van der Waals surface area contributed by atoms with Gasteiger partial charge < -0.3 is 19.7 Å². The van der Waals surface area contributed by atoms with Gasteiger partial charge in [0.05, 0.1) is 5.52 Å². The minimum atomic E-state index is 0. The Balaban J connectivity index is 0.00000225. The summed E-state index contributed by atoms with van der Waals surface area (Å²) in [6.07, 6.45) is 0. The van der Waals surface area contributed by atoms with Crippen molar-refractivity contribution in [2.24, 2.45) is 0 Å². The fourth-order valence-electron chi connectivity index (χ4n) is 3.44. The number of hydrogen-bond donors (Lipinski definition) is 1. The molecule has 2 aromatic carbocycles. The van der Waals surface area contributed by atoms with Crippen LogP contribution in [-0.4, -0.2) is 35.6 Å². The highest BCUT2D eigenvalue weighted by atomic mass is 35.5. The molecule has 2 heterocycles. The fourth-order valence-corrected chi connectivity index (χ4v) is 3.44. The molecule has 148 valence electrons. The van der Waals surface area contributed by atoms with Gasteiger partial charge in [-0.15, -0.1) is 12.4 Å². The van der Waals surface area contributed by atoms with Crippen LogP contribution >= 0.6 is 12.4 Å². The van der Waals surface area contributed by atoms with Crippen LogP contribution in [0.3, 0.4) is 0 Å². The molecule has 4 rings (SSSR count). The summed E-state index contributed by atoms with van der Waals surface area (Å²) in [5.74, 6) is 3.53. The smallest absolute Gasteiger partial charge is 0.212 e. The zero-order chi connectivity index (χ0) is 18.8. The van der Waals surface area contributed by atoms with Crippen molar-refractivity contribution in [1.29, 1.82) is 0 Å². The summed E-state index contributed by atoms with van der Waals surface area (Å²) in [6.45, 7) is 9.52. The maximum Gasteiger partial charge on any atom is 0.212 e. The molecule has 0 saturated carbocycles. The van der Waals surface area contributed by atoms with E-state index in [1.54, 1.807) is 0 Å². The number of pyridine rings is 1. The van der Waals surface area contributed by atoms with Crippen molar-refractivity contribution >= 4 is 29.1 Å². The highest BCUT2D eigenvalue weighted by molar-refractivity contribution is 5.92. The average Bonchev–Trinajstić information content (AvgIpc) is 2.71. The molecule has 0 fully saturated rings. The van der Waals surface area contributed by atoms with Crippen LogP contribution in [0.15, 0.2) is 48.5 Å². The molecule has 0 radical (unpaired) electrons. The van der Waals surface area contributed by atoms with Gasteiger partial charge in [0.2, 0.25) is 5.75 Å². The summed E-state index contributed by atoms with van der Waals surface area (Å²) in [4.78, 5) is 7.21. The van der Waals surface area contributed by atoms with Gasteiger partial charge in [0.15, 0.2) is 23.1 Å². The second-order valence-electron chi connectivity index (χ2n) is 6.82. The molecule has 0 aliphatic carbocycles. The Bertz CT molecular complexity index is 960. The molecule has 0 bridgehead atoms. The number of nitrogens with zero attached hydrogens (tertiary/aromatic N) is 2. The number of rotatable bonds is 6. The Hall–Kier alpha value is -2.50. The van der Waals surface area contributed by atoms with Crippen molar-refractivity contribution < 1.29 is 9.47 Å². The van der Waals surface area contributed by atoms with E-state index in [1.807, 2.05) is 48.5 Å². The van der Waals surface area contributed by atoms with Gasteiger partial charge in [-0.25, -0.2) is 4.98 Å². The Kier molecular flexibility index (Phi) is 6.27. The molecule has 28 heavy (non-hydrogen) atoms. The van der Waals surface area contributed by atoms with Gasteiger partial charge in [0.25, 0.3) is 0 Å². The summed E-state index contributed by atoms with van der Waals surface area (Å²) in [5.41, 5.74) is 0.886. The molecule has 5 nitrogen and oxygen atoms in total. The maximum absolute atomic E-state index is 6.22. The van der Waals surface area contributed by atoms with Crippen LogP contribution in [0.5, 0.6) is 23.0 Å². The minimum absolute atomic E-state index is 0. The summed E-state index contributed by atoms with van der Waals surface area (Å²) in [7, 11) is 0. The summed E-state index contributed by atoms with van der Waals surface area (Å²) in [5, 5.41) is 4.48. The zero-order valence-electron chi connectivity index (χ0n) is 16.4. The van der Waals surface area contributed by atoms with Gasteiger partial charge in [-0.3, -0.25) is 0 Å². The van der Waals surface area contributed by atoms with Gasteiger partial charge >= 0.3 is 0 Å². The number of likely N-dealkylation sites (N-methyl/N-ethyl adjacent to an activating group) is 1. The highest BCUT2D eigenvalue weighted by Crippen LogP contribution is 2.51. The van der Waals surface area contributed by atoms with Crippen LogP contribution in [0.25, 0.3) is 10.9 Å². The monoisotopic (exact) mass is 399 g/mol. The Morgan fingerprint density at radius 1 is 0.929 bits per heavy atom. The number of fused-ring (bicyclic) bond motifs is 4. The fraction of sp³-hybridized carbons (Fsp3) is 0.318.